The van der Waals surface area contributed by atoms with Gasteiger partial charge in [0.25, 0.3) is 5.91 Å². The number of carbonyl (C=O) groups excluding carboxylic acids is 1. The van der Waals surface area contributed by atoms with Gasteiger partial charge in [-0.25, -0.2) is 19.9 Å². The molecule has 0 aliphatic rings. The third kappa shape index (κ3) is 5.07. The molecule has 1 aromatic carbocycles. The van der Waals surface area contributed by atoms with Gasteiger partial charge in [0.2, 0.25) is 0 Å². The molecule has 0 saturated carbocycles. The number of hydrogen-bond acceptors (Lipinski definition) is 9. The minimum Gasteiger partial charge on any atom is -0.369 e. The average Bonchev–Trinajstić information content (AvgIpc) is 2.86. The van der Waals surface area contributed by atoms with Gasteiger partial charge in [0.05, 0.1) is 16.8 Å². The summed E-state index contributed by atoms with van der Waals surface area (Å²) in [4.78, 5) is 39.2. The van der Waals surface area contributed by atoms with Crippen molar-refractivity contribution in [1.29, 1.82) is 0 Å². The number of pyridine rings is 1. The Morgan fingerprint density at radius 1 is 1.09 bits per heavy atom. The second-order valence-electron chi connectivity index (χ2n) is 7.91. The van der Waals surface area contributed by atoms with Crippen molar-refractivity contribution in [3.8, 4) is 17.3 Å². The van der Waals surface area contributed by atoms with Crippen LogP contribution in [0.15, 0.2) is 55.2 Å². The van der Waals surface area contributed by atoms with E-state index in [4.69, 9.17) is 4.84 Å². The van der Waals surface area contributed by atoms with Crippen LogP contribution in [-0.2, 0) is 0 Å². The van der Waals surface area contributed by atoms with Crippen LogP contribution in [-0.4, -0.2) is 63.6 Å². The Morgan fingerprint density at radius 3 is 2.62 bits per heavy atom. The SMILES string of the molecule is CNC(=O)c1ccnc2c([C@H](C)CNc3cc(-c4cnc(ON(C)C)nc4)ncn3)cccc12. The molecule has 2 N–H and O–H groups in total. The molecule has 10 nitrogen and oxygen atoms in total. The van der Waals surface area contributed by atoms with Gasteiger partial charge in [-0.2, -0.15) is 0 Å². The monoisotopic (exact) mass is 458 g/mol. The Labute approximate surface area is 197 Å². The van der Waals surface area contributed by atoms with Gasteiger partial charge in [0.15, 0.2) is 0 Å². The average molecular weight is 459 g/mol. The minimum absolute atomic E-state index is 0.111. The number of fused-ring (bicyclic) bond motifs is 1. The van der Waals surface area contributed by atoms with Gasteiger partial charge in [-0.15, -0.1) is 5.06 Å². The number of benzene rings is 1. The van der Waals surface area contributed by atoms with Gasteiger partial charge in [-0.05, 0) is 11.6 Å². The number of nitrogens with one attached hydrogen (secondary N) is 2. The van der Waals surface area contributed by atoms with E-state index in [1.54, 1.807) is 45.8 Å². The van der Waals surface area contributed by atoms with Crippen molar-refractivity contribution < 1.29 is 9.63 Å². The van der Waals surface area contributed by atoms with E-state index in [1.807, 2.05) is 24.3 Å². The quantitative estimate of drug-likeness (QED) is 0.384. The summed E-state index contributed by atoms with van der Waals surface area (Å²) >= 11 is 0. The summed E-state index contributed by atoms with van der Waals surface area (Å²) in [6.45, 7) is 2.73. The molecule has 3 aromatic heterocycles. The van der Waals surface area contributed by atoms with Gasteiger partial charge in [0.1, 0.15) is 12.1 Å². The Balaban J connectivity index is 1.50. The first-order valence-corrected chi connectivity index (χ1v) is 10.8. The predicted octanol–water partition coefficient (Wildman–Crippen LogP) is 2.91. The van der Waals surface area contributed by atoms with Crippen LogP contribution in [0.3, 0.4) is 0 Å². The van der Waals surface area contributed by atoms with Crippen LogP contribution < -0.4 is 15.5 Å². The highest BCUT2D eigenvalue weighted by Crippen LogP contribution is 2.27. The molecule has 0 unspecified atom stereocenters. The van der Waals surface area contributed by atoms with Crippen LogP contribution >= 0.6 is 0 Å². The molecule has 3 heterocycles. The first kappa shape index (κ1) is 23.0. The van der Waals surface area contributed by atoms with Gasteiger partial charge >= 0.3 is 6.01 Å². The Hall–Kier alpha value is -4.18. The fourth-order valence-corrected chi connectivity index (χ4v) is 3.57. The van der Waals surface area contributed by atoms with E-state index in [-0.39, 0.29) is 17.8 Å². The molecule has 34 heavy (non-hydrogen) atoms. The van der Waals surface area contributed by atoms with E-state index in [1.165, 1.54) is 11.4 Å². The molecule has 0 aliphatic heterocycles. The summed E-state index contributed by atoms with van der Waals surface area (Å²) in [5, 5.41) is 8.41. The summed E-state index contributed by atoms with van der Waals surface area (Å²) in [5.74, 6) is 0.666. The first-order valence-electron chi connectivity index (χ1n) is 10.8. The van der Waals surface area contributed by atoms with E-state index in [9.17, 15) is 4.79 Å². The number of hydroxylamine groups is 2. The lowest BCUT2D eigenvalue weighted by atomic mass is 9.96. The lowest BCUT2D eigenvalue weighted by Crippen LogP contribution is -2.18. The third-order valence-corrected chi connectivity index (χ3v) is 5.25. The number of nitrogens with zero attached hydrogens (tertiary/aromatic N) is 6. The maximum Gasteiger partial charge on any atom is 0.335 e. The molecule has 0 fully saturated rings. The number of para-hydroxylation sites is 1. The Bertz CT molecular complexity index is 1290. The van der Waals surface area contributed by atoms with Crippen molar-refractivity contribution in [2.45, 2.75) is 12.8 Å². The van der Waals surface area contributed by atoms with Crippen LogP contribution in [0.2, 0.25) is 0 Å². The standard InChI is InChI=1S/C24H26N8O2/c1-15(17-6-5-7-18-19(23(33)25-2)8-9-26-22(17)18)11-27-21-10-20(30-14-31-21)16-12-28-24(29-13-16)34-32(3)4/h5-10,12-15H,11H2,1-4H3,(H,25,33)(H,27,30,31)/t15-/m1/s1. The zero-order valence-electron chi connectivity index (χ0n) is 19.5. The van der Waals surface area contributed by atoms with Crippen molar-refractivity contribution in [3.63, 3.8) is 0 Å². The molecule has 1 amide bonds. The molecule has 0 radical (unpaired) electrons. The number of hydrogen-bond donors (Lipinski definition) is 2. The van der Waals surface area contributed by atoms with E-state index < -0.39 is 0 Å². The zero-order chi connectivity index (χ0) is 24.1. The van der Waals surface area contributed by atoms with Crippen LogP contribution in [0.1, 0.15) is 28.8 Å². The van der Waals surface area contributed by atoms with Gasteiger partial charge in [-0.1, -0.05) is 25.1 Å². The summed E-state index contributed by atoms with van der Waals surface area (Å²) in [6, 6.07) is 9.76. The van der Waals surface area contributed by atoms with Crippen LogP contribution in [0.5, 0.6) is 6.01 Å². The second-order valence-corrected chi connectivity index (χ2v) is 7.91. The highest BCUT2D eigenvalue weighted by atomic mass is 16.7. The summed E-state index contributed by atoms with van der Waals surface area (Å²) in [7, 11) is 5.14. The van der Waals surface area contributed by atoms with Crippen molar-refractivity contribution in [2.24, 2.45) is 0 Å². The highest BCUT2D eigenvalue weighted by Gasteiger charge is 2.15. The number of anilines is 1. The van der Waals surface area contributed by atoms with Crippen molar-refractivity contribution in [3.05, 3.63) is 66.4 Å². The lowest BCUT2D eigenvalue weighted by molar-refractivity contribution is -0.0138. The van der Waals surface area contributed by atoms with Gasteiger partial charge in [-0.3, -0.25) is 9.78 Å². The Kier molecular flexibility index (Phi) is 6.88. The van der Waals surface area contributed by atoms with Crippen LogP contribution in [0.25, 0.3) is 22.2 Å². The van der Waals surface area contributed by atoms with Crippen molar-refractivity contribution >= 4 is 22.6 Å². The number of carbonyl (C=O) groups is 1. The number of aromatic nitrogens is 5. The first-order chi connectivity index (χ1) is 16.5. The van der Waals surface area contributed by atoms with Crippen molar-refractivity contribution in [1.82, 2.24) is 35.3 Å². The molecule has 0 spiro atoms. The van der Waals surface area contributed by atoms with Gasteiger partial charge < -0.3 is 15.5 Å². The normalized spacial score (nSPS) is 11.9. The molecular formula is C24H26N8O2. The molecular weight excluding hydrogens is 432 g/mol. The zero-order valence-corrected chi connectivity index (χ0v) is 19.5. The topological polar surface area (TPSA) is 118 Å². The second kappa shape index (κ2) is 10.2. The minimum atomic E-state index is -0.130. The highest BCUT2D eigenvalue weighted by molar-refractivity contribution is 6.06. The Morgan fingerprint density at radius 2 is 1.88 bits per heavy atom. The van der Waals surface area contributed by atoms with Crippen molar-refractivity contribution in [2.75, 3.05) is 33.0 Å². The molecule has 174 valence electrons. The molecule has 4 rings (SSSR count). The van der Waals surface area contributed by atoms with Crippen LogP contribution in [0, 0.1) is 0 Å². The van der Waals surface area contributed by atoms with E-state index >= 15 is 0 Å². The summed E-state index contributed by atoms with van der Waals surface area (Å²) in [6.07, 6.45) is 6.49. The van der Waals surface area contributed by atoms with E-state index in [0.29, 0.717) is 23.6 Å². The number of amides is 1. The third-order valence-electron chi connectivity index (χ3n) is 5.25. The van der Waals surface area contributed by atoms with Gasteiger partial charge in [0, 0.05) is 69.2 Å². The molecule has 0 aliphatic carbocycles. The fourth-order valence-electron chi connectivity index (χ4n) is 3.57. The summed E-state index contributed by atoms with van der Waals surface area (Å²) < 4.78 is 0. The molecule has 10 heteroatoms. The molecule has 1 atom stereocenters. The molecule has 4 aromatic rings. The predicted molar refractivity (Wildman–Crippen MR) is 129 cm³/mol. The van der Waals surface area contributed by atoms with E-state index in [0.717, 1.165) is 22.0 Å². The maximum absolute atomic E-state index is 12.3. The molecule has 0 saturated heterocycles. The smallest absolute Gasteiger partial charge is 0.335 e. The van der Waals surface area contributed by atoms with Crippen LogP contribution in [0.4, 0.5) is 5.82 Å². The largest absolute Gasteiger partial charge is 0.369 e. The fraction of sp³-hybridized carbons (Fsp3) is 0.250. The molecule has 0 bridgehead atoms. The lowest BCUT2D eigenvalue weighted by Gasteiger charge is -2.16. The maximum atomic E-state index is 12.3. The summed E-state index contributed by atoms with van der Waals surface area (Å²) in [5.41, 5.74) is 3.93. The number of rotatable bonds is 8. The van der Waals surface area contributed by atoms with E-state index in [2.05, 4.69) is 42.5 Å².